The van der Waals surface area contributed by atoms with E-state index in [0.29, 0.717) is 27.7 Å². The third-order valence-electron chi connectivity index (χ3n) is 3.27. The minimum Gasteiger partial charge on any atom is -0.397 e. The summed E-state index contributed by atoms with van der Waals surface area (Å²) in [5.41, 5.74) is 10.3. The predicted octanol–water partition coefficient (Wildman–Crippen LogP) is 3.41. The lowest BCUT2D eigenvalue weighted by Gasteiger charge is -1.98. The molecule has 0 radical (unpaired) electrons. The van der Waals surface area contributed by atoms with Crippen molar-refractivity contribution in [3.05, 3.63) is 47.6 Å². The van der Waals surface area contributed by atoms with Crippen LogP contribution in [0, 0.1) is 0 Å². The summed E-state index contributed by atoms with van der Waals surface area (Å²) in [6.07, 6.45) is 1.69. The molecular formula is C15H10ClN5. The van der Waals surface area contributed by atoms with Crippen molar-refractivity contribution in [2.24, 2.45) is 0 Å². The van der Waals surface area contributed by atoms with E-state index < -0.39 is 0 Å². The number of hydrogen-bond donors (Lipinski definition) is 2. The number of para-hydroxylation sites is 2. The highest BCUT2D eigenvalue weighted by Crippen LogP contribution is 2.27. The zero-order chi connectivity index (χ0) is 14.4. The molecule has 6 heteroatoms. The third kappa shape index (κ3) is 1.98. The minimum atomic E-state index is 0.536. The van der Waals surface area contributed by atoms with Crippen LogP contribution in [0.4, 0.5) is 5.69 Å². The van der Waals surface area contributed by atoms with Crippen molar-refractivity contribution in [1.29, 1.82) is 0 Å². The van der Waals surface area contributed by atoms with Gasteiger partial charge in [0.25, 0.3) is 0 Å². The van der Waals surface area contributed by atoms with E-state index in [0.717, 1.165) is 16.6 Å². The first-order chi connectivity index (χ1) is 10.2. The second-order valence-electron chi connectivity index (χ2n) is 4.72. The van der Waals surface area contributed by atoms with Crippen molar-refractivity contribution in [3.8, 4) is 11.5 Å². The highest BCUT2D eigenvalue weighted by molar-refractivity contribution is 6.31. The molecule has 102 valence electrons. The van der Waals surface area contributed by atoms with Gasteiger partial charge in [0.05, 0.1) is 28.4 Å². The molecule has 0 amide bonds. The number of hydrogen-bond acceptors (Lipinski definition) is 4. The van der Waals surface area contributed by atoms with Crippen LogP contribution in [0.2, 0.25) is 5.02 Å². The Morgan fingerprint density at radius 1 is 1.05 bits per heavy atom. The van der Waals surface area contributed by atoms with Crippen LogP contribution in [-0.4, -0.2) is 19.9 Å². The quantitative estimate of drug-likeness (QED) is 0.527. The van der Waals surface area contributed by atoms with E-state index in [1.54, 1.807) is 18.3 Å². The lowest BCUT2D eigenvalue weighted by atomic mass is 10.3. The Labute approximate surface area is 124 Å². The first-order valence-corrected chi connectivity index (χ1v) is 6.75. The predicted molar refractivity (Wildman–Crippen MR) is 84.0 cm³/mol. The zero-order valence-corrected chi connectivity index (χ0v) is 11.6. The number of nitrogens with one attached hydrogen (secondary N) is 1. The number of aromatic nitrogens is 4. The fourth-order valence-electron chi connectivity index (χ4n) is 2.30. The zero-order valence-electron chi connectivity index (χ0n) is 10.8. The molecule has 0 spiro atoms. The van der Waals surface area contributed by atoms with Crippen molar-refractivity contribution in [2.45, 2.75) is 0 Å². The SMILES string of the molecule is Nc1cc(Cl)cc2[nH]c(-c3cnc4ccccc4n3)nc12. The number of halogens is 1. The van der Waals surface area contributed by atoms with Gasteiger partial charge in [-0.2, -0.15) is 0 Å². The lowest BCUT2D eigenvalue weighted by Crippen LogP contribution is -1.90. The maximum absolute atomic E-state index is 6.00. The van der Waals surface area contributed by atoms with Crippen LogP contribution in [-0.2, 0) is 0 Å². The number of nitrogen functional groups attached to an aromatic ring is 1. The highest BCUT2D eigenvalue weighted by Gasteiger charge is 2.10. The summed E-state index contributed by atoms with van der Waals surface area (Å²) in [4.78, 5) is 16.6. The van der Waals surface area contributed by atoms with Crippen LogP contribution in [0.1, 0.15) is 0 Å². The normalized spacial score (nSPS) is 11.3. The standard InChI is InChI=1S/C15H10ClN5/c16-8-5-9(17)14-12(6-8)20-15(21-14)13-7-18-10-3-1-2-4-11(10)19-13/h1-7H,17H2,(H,20,21). The molecule has 0 aliphatic carbocycles. The second kappa shape index (κ2) is 4.43. The monoisotopic (exact) mass is 295 g/mol. The molecule has 2 aromatic carbocycles. The van der Waals surface area contributed by atoms with Gasteiger partial charge in [-0.05, 0) is 24.3 Å². The average Bonchev–Trinajstić information content (AvgIpc) is 2.91. The summed E-state index contributed by atoms with van der Waals surface area (Å²) in [6, 6.07) is 11.2. The van der Waals surface area contributed by atoms with Gasteiger partial charge in [-0.15, -0.1) is 0 Å². The Hall–Kier alpha value is -2.66. The van der Waals surface area contributed by atoms with E-state index in [1.165, 1.54) is 0 Å². The van der Waals surface area contributed by atoms with E-state index >= 15 is 0 Å². The number of aromatic amines is 1. The Morgan fingerprint density at radius 3 is 2.71 bits per heavy atom. The minimum absolute atomic E-state index is 0.536. The van der Waals surface area contributed by atoms with E-state index in [2.05, 4.69) is 19.9 Å². The van der Waals surface area contributed by atoms with E-state index in [-0.39, 0.29) is 0 Å². The number of fused-ring (bicyclic) bond motifs is 2. The van der Waals surface area contributed by atoms with Gasteiger partial charge in [0.15, 0.2) is 5.82 Å². The maximum atomic E-state index is 6.00. The second-order valence-corrected chi connectivity index (χ2v) is 5.16. The molecule has 2 heterocycles. The van der Waals surface area contributed by atoms with E-state index in [9.17, 15) is 0 Å². The number of anilines is 1. The Morgan fingerprint density at radius 2 is 1.86 bits per heavy atom. The first-order valence-electron chi connectivity index (χ1n) is 6.37. The van der Waals surface area contributed by atoms with Crippen molar-refractivity contribution in [3.63, 3.8) is 0 Å². The van der Waals surface area contributed by atoms with Crippen LogP contribution in [0.5, 0.6) is 0 Å². The Balaban J connectivity index is 1.93. The molecule has 21 heavy (non-hydrogen) atoms. The van der Waals surface area contributed by atoms with Gasteiger partial charge in [-0.25, -0.2) is 9.97 Å². The van der Waals surface area contributed by atoms with Crippen LogP contribution < -0.4 is 5.73 Å². The summed E-state index contributed by atoms with van der Waals surface area (Å²) in [5, 5.41) is 0.569. The largest absolute Gasteiger partial charge is 0.397 e. The third-order valence-corrected chi connectivity index (χ3v) is 3.49. The van der Waals surface area contributed by atoms with Gasteiger partial charge in [0.1, 0.15) is 11.2 Å². The number of rotatable bonds is 1. The van der Waals surface area contributed by atoms with Gasteiger partial charge in [-0.1, -0.05) is 23.7 Å². The topological polar surface area (TPSA) is 80.5 Å². The van der Waals surface area contributed by atoms with Gasteiger partial charge < -0.3 is 10.7 Å². The Bertz CT molecular complexity index is 976. The molecule has 0 bridgehead atoms. The van der Waals surface area contributed by atoms with Crippen molar-refractivity contribution >= 4 is 39.4 Å². The molecule has 4 aromatic rings. The number of nitrogens with zero attached hydrogens (tertiary/aromatic N) is 3. The molecule has 0 aliphatic heterocycles. The van der Waals surface area contributed by atoms with Crippen LogP contribution in [0.15, 0.2) is 42.6 Å². The van der Waals surface area contributed by atoms with Crippen LogP contribution >= 0.6 is 11.6 Å². The summed E-state index contributed by atoms with van der Waals surface area (Å²) >= 11 is 6.00. The average molecular weight is 296 g/mol. The molecule has 0 fully saturated rings. The highest BCUT2D eigenvalue weighted by atomic mass is 35.5. The molecule has 0 saturated carbocycles. The summed E-state index contributed by atoms with van der Waals surface area (Å²) < 4.78 is 0. The molecular weight excluding hydrogens is 286 g/mol. The molecule has 0 atom stereocenters. The fourth-order valence-corrected chi connectivity index (χ4v) is 2.53. The van der Waals surface area contributed by atoms with Crippen molar-refractivity contribution < 1.29 is 0 Å². The number of imidazole rings is 1. The van der Waals surface area contributed by atoms with Gasteiger partial charge in [0, 0.05) is 5.02 Å². The number of nitrogens with two attached hydrogens (primary N) is 1. The van der Waals surface area contributed by atoms with Crippen molar-refractivity contribution in [1.82, 2.24) is 19.9 Å². The molecule has 4 rings (SSSR count). The van der Waals surface area contributed by atoms with Gasteiger partial charge in [0.2, 0.25) is 0 Å². The van der Waals surface area contributed by atoms with E-state index in [4.69, 9.17) is 17.3 Å². The van der Waals surface area contributed by atoms with Crippen molar-refractivity contribution in [2.75, 3.05) is 5.73 Å². The molecule has 3 N–H and O–H groups in total. The summed E-state index contributed by atoms with van der Waals surface area (Å²) in [6.45, 7) is 0. The number of H-pyrrole nitrogens is 1. The van der Waals surface area contributed by atoms with E-state index in [1.807, 2.05) is 24.3 Å². The maximum Gasteiger partial charge on any atom is 0.158 e. The summed E-state index contributed by atoms with van der Waals surface area (Å²) in [7, 11) is 0. The number of benzene rings is 2. The van der Waals surface area contributed by atoms with Crippen LogP contribution in [0.25, 0.3) is 33.6 Å². The molecule has 5 nitrogen and oxygen atoms in total. The lowest BCUT2D eigenvalue weighted by molar-refractivity contribution is 1.22. The molecule has 0 saturated heterocycles. The summed E-state index contributed by atoms with van der Waals surface area (Å²) in [5.74, 6) is 0.622. The smallest absolute Gasteiger partial charge is 0.158 e. The molecule has 0 aliphatic rings. The Kier molecular flexibility index (Phi) is 2.55. The fraction of sp³-hybridized carbons (Fsp3) is 0. The first kappa shape index (κ1) is 12.1. The van der Waals surface area contributed by atoms with Gasteiger partial charge >= 0.3 is 0 Å². The molecule has 2 aromatic heterocycles. The van der Waals surface area contributed by atoms with Crippen LogP contribution in [0.3, 0.4) is 0 Å². The molecule has 0 unspecified atom stereocenters. The van der Waals surface area contributed by atoms with Gasteiger partial charge in [-0.3, -0.25) is 4.98 Å².